The lowest BCUT2D eigenvalue weighted by Gasteiger charge is -2.19. The number of aliphatic hydroxyl groups excluding tert-OH is 2. The van der Waals surface area contributed by atoms with E-state index in [9.17, 15) is 29.7 Å². The Morgan fingerprint density at radius 2 is 1.97 bits per heavy atom. The molecule has 11 nitrogen and oxygen atoms in total. The van der Waals surface area contributed by atoms with Gasteiger partial charge in [0.25, 0.3) is 11.5 Å². The summed E-state index contributed by atoms with van der Waals surface area (Å²) in [5.74, 6) is -0.258. The van der Waals surface area contributed by atoms with Gasteiger partial charge >= 0.3 is 5.69 Å². The summed E-state index contributed by atoms with van der Waals surface area (Å²) >= 11 is 0. The number of hydrogen-bond donors (Lipinski definition) is 4. The van der Waals surface area contributed by atoms with Crippen LogP contribution in [-0.2, 0) is 9.53 Å². The molecule has 162 valence electrons. The number of carbonyl (C=O) groups excluding carboxylic acids is 1. The predicted octanol–water partition coefficient (Wildman–Crippen LogP) is -0.311. The second-order valence-electron chi connectivity index (χ2n) is 7.22. The van der Waals surface area contributed by atoms with Crippen molar-refractivity contribution in [2.24, 2.45) is 4.99 Å². The first kappa shape index (κ1) is 20.7. The molecule has 2 aromatic rings. The minimum absolute atomic E-state index is 0.0314. The fourth-order valence-corrected chi connectivity index (χ4v) is 3.54. The lowest BCUT2D eigenvalue weighted by molar-refractivity contribution is -0.113. The van der Waals surface area contributed by atoms with Gasteiger partial charge in [-0.1, -0.05) is 12.1 Å². The summed E-state index contributed by atoms with van der Waals surface area (Å²) in [6, 6.07) is 6.15. The van der Waals surface area contributed by atoms with Crippen LogP contribution in [0.5, 0.6) is 5.75 Å². The van der Waals surface area contributed by atoms with Gasteiger partial charge in [-0.3, -0.25) is 24.0 Å². The van der Waals surface area contributed by atoms with Crippen LogP contribution in [0.4, 0.5) is 5.69 Å². The number of aromatic amines is 1. The number of benzene rings is 1. The van der Waals surface area contributed by atoms with E-state index in [0.717, 1.165) is 9.47 Å². The van der Waals surface area contributed by atoms with Crippen LogP contribution in [0.25, 0.3) is 6.08 Å². The van der Waals surface area contributed by atoms with E-state index in [-0.39, 0.29) is 29.4 Å². The second kappa shape index (κ2) is 7.95. The number of rotatable bonds is 4. The van der Waals surface area contributed by atoms with Gasteiger partial charge in [0.2, 0.25) is 0 Å². The molecule has 3 heterocycles. The largest absolute Gasteiger partial charge is 0.508 e. The molecule has 31 heavy (non-hydrogen) atoms. The van der Waals surface area contributed by atoms with E-state index in [4.69, 9.17) is 4.74 Å². The average molecular weight is 428 g/mol. The highest BCUT2D eigenvalue weighted by atomic mass is 16.5. The zero-order valence-corrected chi connectivity index (χ0v) is 16.4. The smallest absolute Gasteiger partial charge is 0.330 e. The van der Waals surface area contributed by atoms with Gasteiger partial charge in [0.05, 0.1) is 12.7 Å². The monoisotopic (exact) mass is 428 g/mol. The first-order valence-corrected chi connectivity index (χ1v) is 9.49. The van der Waals surface area contributed by atoms with Crippen LogP contribution in [0.2, 0.25) is 0 Å². The summed E-state index contributed by atoms with van der Waals surface area (Å²) in [6.07, 6.45) is -0.0324. The molecule has 2 aliphatic heterocycles. The molecule has 0 unspecified atom stereocenters. The number of phenols is 1. The van der Waals surface area contributed by atoms with Crippen LogP contribution in [-0.4, -0.2) is 55.4 Å². The summed E-state index contributed by atoms with van der Waals surface area (Å²) < 4.78 is 6.55. The fourth-order valence-electron chi connectivity index (χ4n) is 3.54. The van der Waals surface area contributed by atoms with Crippen LogP contribution in [0.15, 0.2) is 50.7 Å². The topological polar surface area (TPSA) is 157 Å². The standard InChI is InChI=1S/C20H20N4O7/c1-10-21-13(6-11-2-4-12(26)5-3-11)19(29)24(10)14-8-23(20(30)22-18(14)28)17-7-15(27)16(9-25)31-17/h2-6,8,15-17,25-27H,7,9H2,1H3,(H,22,28,30)/b13-6+/t15-,16+,17+/m0/s1. The highest BCUT2D eigenvalue weighted by Gasteiger charge is 2.36. The third-order valence-corrected chi connectivity index (χ3v) is 5.11. The number of amidine groups is 1. The van der Waals surface area contributed by atoms with Gasteiger partial charge in [-0.15, -0.1) is 0 Å². The van der Waals surface area contributed by atoms with E-state index < -0.39 is 42.2 Å². The molecule has 0 saturated carbocycles. The van der Waals surface area contributed by atoms with Gasteiger partial charge in [0.1, 0.15) is 35.3 Å². The number of aliphatic imine (C=N–C) groups is 1. The van der Waals surface area contributed by atoms with Crippen molar-refractivity contribution in [3.8, 4) is 5.75 Å². The van der Waals surface area contributed by atoms with Crippen molar-refractivity contribution in [2.45, 2.75) is 31.8 Å². The maximum absolute atomic E-state index is 13.0. The van der Waals surface area contributed by atoms with Crippen molar-refractivity contribution in [3.05, 3.63) is 62.6 Å². The Morgan fingerprint density at radius 1 is 1.26 bits per heavy atom. The van der Waals surface area contributed by atoms with Crippen molar-refractivity contribution >= 4 is 23.5 Å². The van der Waals surface area contributed by atoms with E-state index in [0.29, 0.717) is 5.56 Å². The number of hydrogen-bond acceptors (Lipinski definition) is 8. The summed E-state index contributed by atoms with van der Waals surface area (Å²) in [5.41, 5.74) is -0.988. The van der Waals surface area contributed by atoms with Crippen molar-refractivity contribution in [2.75, 3.05) is 11.5 Å². The third kappa shape index (κ3) is 3.81. The molecular weight excluding hydrogens is 408 g/mol. The van der Waals surface area contributed by atoms with Crippen molar-refractivity contribution in [1.82, 2.24) is 9.55 Å². The molecule has 3 atom stereocenters. The van der Waals surface area contributed by atoms with E-state index >= 15 is 0 Å². The first-order valence-electron chi connectivity index (χ1n) is 9.49. The number of phenolic OH excluding ortho intramolecular Hbond substituents is 1. The summed E-state index contributed by atoms with van der Waals surface area (Å²) in [4.78, 5) is 45.2. The quantitative estimate of drug-likeness (QED) is 0.486. The number of H-pyrrole nitrogens is 1. The zero-order chi connectivity index (χ0) is 22.3. The normalized spacial score (nSPS) is 24.8. The molecule has 11 heteroatoms. The lowest BCUT2D eigenvalue weighted by Crippen LogP contribution is -2.40. The third-order valence-electron chi connectivity index (χ3n) is 5.11. The maximum Gasteiger partial charge on any atom is 0.330 e. The van der Waals surface area contributed by atoms with Gasteiger partial charge in [-0.25, -0.2) is 9.79 Å². The number of nitrogens with zero attached hydrogens (tertiary/aromatic N) is 3. The van der Waals surface area contributed by atoms with Gasteiger partial charge < -0.3 is 20.1 Å². The van der Waals surface area contributed by atoms with E-state index in [1.165, 1.54) is 24.4 Å². The SMILES string of the molecule is CC1=N/C(=C/c2ccc(O)cc2)C(=O)N1c1cn([C@H]2C[C@H](O)[C@@H](CO)O2)c(=O)[nH]c1=O. The van der Waals surface area contributed by atoms with Crippen molar-refractivity contribution in [3.63, 3.8) is 0 Å². The molecule has 0 bridgehead atoms. The number of ether oxygens (including phenoxy) is 1. The Kier molecular flexibility index (Phi) is 5.31. The number of aromatic nitrogens is 2. The molecule has 1 amide bonds. The number of anilines is 1. The minimum atomic E-state index is -0.978. The molecule has 0 aliphatic carbocycles. The highest BCUT2D eigenvalue weighted by molar-refractivity contribution is 6.28. The molecular formula is C20H20N4O7. The van der Waals surface area contributed by atoms with E-state index in [2.05, 4.69) is 9.98 Å². The van der Waals surface area contributed by atoms with Gasteiger partial charge in [0, 0.05) is 12.6 Å². The average Bonchev–Trinajstić information content (AvgIpc) is 3.23. The predicted molar refractivity (Wildman–Crippen MR) is 110 cm³/mol. The Balaban J connectivity index is 1.69. The molecule has 2 aliphatic rings. The molecule has 4 rings (SSSR count). The molecule has 1 aromatic heterocycles. The Labute approximate surface area is 175 Å². The summed E-state index contributed by atoms with van der Waals surface area (Å²) in [5, 5.41) is 28.6. The molecule has 4 N–H and O–H groups in total. The fraction of sp³-hybridized carbons (Fsp3) is 0.300. The van der Waals surface area contributed by atoms with Crippen LogP contribution >= 0.6 is 0 Å². The van der Waals surface area contributed by atoms with Gasteiger partial charge in [-0.2, -0.15) is 0 Å². The van der Waals surface area contributed by atoms with E-state index in [1.807, 2.05) is 0 Å². The van der Waals surface area contributed by atoms with Gasteiger partial charge in [0.15, 0.2) is 0 Å². The molecule has 1 aromatic carbocycles. The van der Waals surface area contributed by atoms with Crippen LogP contribution in [0.1, 0.15) is 25.1 Å². The summed E-state index contributed by atoms with van der Waals surface area (Å²) in [7, 11) is 0. The summed E-state index contributed by atoms with van der Waals surface area (Å²) in [6.45, 7) is 1.12. The van der Waals surface area contributed by atoms with Crippen LogP contribution in [0.3, 0.4) is 0 Å². The molecule has 0 spiro atoms. The van der Waals surface area contributed by atoms with Crippen molar-refractivity contribution in [1.29, 1.82) is 0 Å². The second-order valence-corrected chi connectivity index (χ2v) is 7.22. The highest BCUT2D eigenvalue weighted by Crippen LogP contribution is 2.29. The van der Waals surface area contributed by atoms with Gasteiger partial charge in [-0.05, 0) is 30.7 Å². The number of carbonyl (C=O) groups is 1. The number of aromatic hydroxyl groups is 1. The first-order chi connectivity index (χ1) is 14.8. The Morgan fingerprint density at radius 3 is 2.61 bits per heavy atom. The molecule has 1 fully saturated rings. The Hall–Kier alpha value is -3.54. The zero-order valence-electron chi connectivity index (χ0n) is 16.4. The van der Waals surface area contributed by atoms with E-state index in [1.54, 1.807) is 19.1 Å². The molecule has 1 saturated heterocycles. The van der Waals surface area contributed by atoms with Crippen LogP contribution < -0.4 is 16.1 Å². The minimum Gasteiger partial charge on any atom is -0.508 e. The van der Waals surface area contributed by atoms with Crippen molar-refractivity contribution < 1.29 is 24.9 Å². The lowest BCUT2D eigenvalue weighted by atomic mass is 10.2. The van der Waals surface area contributed by atoms with Crippen LogP contribution in [0, 0.1) is 0 Å². The molecule has 0 radical (unpaired) electrons. The Bertz CT molecular complexity index is 1200. The number of amides is 1. The number of aliphatic hydroxyl groups is 2. The maximum atomic E-state index is 13.0. The number of nitrogens with one attached hydrogen (secondary N) is 1.